The van der Waals surface area contributed by atoms with Gasteiger partial charge in [0, 0.05) is 30.7 Å². The first-order valence-electron chi connectivity index (χ1n) is 10.4. The van der Waals surface area contributed by atoms with Crippen LogP contribution in [-0.2, 0) is 11.3 Å². The van der Waals surface area contributed by atoms with Crippen molar-refractivity contribution in [1.29, 1.82) is 0 Å². The van der Waals surface area contributed by atoms with Crippen molar-refractivity contribution in [3.05, 3.63) is 84.1 Å². The van der Waals surface area contributed by atoms with Gasteiger partial charge in [-0.15, -0.1) is 0 Å². The van der Waals surface area contributed by atoms with Crippen LogP contribution in [0.1, 0.15) is 36.3 Å². The summed E-state index contributed by atoms with van der Waals surface area (Å²) in [7, 11) is 0. The molecule has 2 fully saturated rings. The van der Waals surface area contributed by atoms with Crippen LogP contribution in [0.4, 0.5) is 0 Å². The predicted octanol–water partition coefficient (Wildman–Crippen LogP) is 4.58. The highest BCUT2D eigenvalue weighted by molar-refractivity contribution is 5.87. The van der Waals surface area contributed by atoms with E-state index in [2.05, 4.69) is 46.6 Å². The smallest absolute Gasteiger partial charge is 0.228 e. The molecule has 1 N–H and O–H groups in total. The largest absolute Gasteiger partial charge is 0.464 e. The lowest BCUT2D eigenvalue weighted by Crippen LogP contribution is -2.50. The maximum atomic E-state index is 12.7. The van der Waals surface area contributed by atoms with Crippen molar-refractivity contribution in [3.63, 3.8) is 0 Å². The van der Waals surface area contributed by atoms with Crippen molar-refractivity contribution >= 4 is 5.91 Å². The summed E-state index contributed by atoms with van der Waals surface area (Å²) in [6, 6.07) is 22.6. The van der Waals surface area contributed by atoms with Crippen LogP contribution in [-0.4, -0.2) is 29.4 Å². The second-order valence-corrected chi connectivity index (χ2v) is 8.35. The molecule has 2 aromatic carbocycles. The van der Waals surface area contributed by atoms with E-state index in [1.54, 1.807) is 6.26 Å². The fraction of sp³-hybridized carbons (Fsp3) is 0.320. The fourth-order valence-electron chi connectivity index (χ4n) is 4.88. The Hall–Kier alpha value is -2.85. The molecule has 3 heterocycles. The van der Waals surface area contributed by atoms with Crippen molar-refractivity contribution in [2.75, 3.05) is 13.1 Å². The van der Waals surface area contributed by atoms with E-state index in [0.717, 1.165) is 55.8 Å². The van der Waals surface area contributed by atoms with E-state index in [9.17, 15) is 4.79 Å². The summed E-state index contributed by atoms with van der Waals surface area (Å²) in [4.78, 5) is 15.2. The average molecular weight is 386 g/mol. The SMILES string of the molecule is O=C1NC2(CCN(Cc3ccccc3-c3ccco3)CC2)C[C@H]1c1ccccc1. The molecule has 1 spiro atoms. The van der Waals surface area contributed by atoms with Crippen LogP contribution in [0, 0.1) is 0 Å². The molecule has 0 bridgehead atoms. The molecular weight excluding hydrogens is 360 g/mol. The molecule has 2 saturated heterocycles. The first-order chi connectivity index (χ1) is 14.2. The second kappa shape index (κ2) is 7.53. The molecule has 0 aliphatic carbocycles. The minimum atomic E-state index is -0.0470. The Bertz CT molecular complexity index is 973. The van der Waals surface area contributed by atoms with E-state index in [-0.39, 0.29) is 17.4 Å². The van der Waals surface area contributed by atoms with Crippen LogP contribution in [0.15, 0.2) is 77.4 Å². The lowest BCUT2D eigenvalue weighted by Gasteiger charge is -2.39. The van der Waals surface area contributed by atoms with Crippen LogP contribution < -0.4 is 5.32 Å². The highest BCUT2D eigenvalue weighted by Crippen LogP contribution is 2.39. The summed E-state index contributed by atoms with van der Waals surface area (Å²) >= 11 is 0. The molecule has 4 nitrogen and oxygen atoms in total. The number of hydrogen-bond donors (Lipinski definition) is 1. The van der Waals surface area contributed by atoms with Gasteiger partial charge in [0.05, 0.1) is 12.2 Å². The first kappa shape index (κ1) is 18.2. The van der Waals surface area contributed by atoms with Crippen LogP contribution in [0.25, 0.3) is 11.3 Å². The number of benzene rings is 2. The van der Waals surface area contributed by atoms with Crippen molar-refractivity contribution in [1.82, 2.24) is 10.2 Å². The maximum Gasteiger partial charge on any atom is 0.228 e. The number of carbonyl (C=O) groups excluding carboxylic acids is 1. The van der Waals surface area contributed by atoms with E-state index < -0.39 is 0 Å². The summed E-state index contributed by atoms with van der Waals surface area (Å²) in [6.07, 6.45) is 4.64. The molecule has 2 aliphatic rings. The average Bonchev–Trinajstić information content (AvgIpc) is 3.40. The number of rotatable bonds is 4. The Morgan fingerprint density at radius 1 is 0.966 bits per heavy atom. The summed E-state index contributed by atoms with van der Waals surface area (Å²) in [5, 5.41) is 3.36. The molecule has 1 amide bonds. The van der Waals surface area contributed by atoms with Gasteiger partial charge in [-0.1, -0.05) is 54.6 Å². The van der Waals surface area contributed by atoms with E-state index in [1.165, 1.54) is 5.56 Å². The number of furan rings is 1. The number of hydrogen-bond acceptors (Lipinski definition) is 3. The standard InChI is InChI=1S/C25H26N2O2/c28-24-22(19-7-2-1-3-8-19)17-25(26-24)12-14-27(15-13-25)18-20-9-4-5-10-21(20)23-11-6-16-29-23/h1-11,16,22H,12-15,17-18H2,(H,26,28)/t22-/m0/s1. The van der Waals surface area contributed by atoms with Gasteiger partial charge in [0.25, 0.3) is 0 Å². The minimum absolute atomic E-state index is 0.0116. The Morgan fingerprint density at radius 2 is 1.72 bits per heavy atom. The molecule has 1 aromatic heterocycles. The van der Waals surface area contributed by atoms with Gasteiger partial charge in [-0.05, 0) is 42.5 Å². The molecule has 0 unspecified atom stereocenters. The zero-order valence-electron chi connectivity index (χ0n) is 16.5. The molecule has 148 valence electrons. The predicted molar refractivity (Wildman–Crippen MR) is 113 cm³/mol. The highest BCUT2D eigenvalue weighted by atomic mass is 16.3. The maximum absolute atomic E-state index is 12.7. The number of likely N-dealkylation sites (tertiary alicyclic amines) is 1. The highest BCUT2D eigenvalue weighted by Gasteiger charge is 2.46. The summed E-state index contributed by atoms with van der Waals surface area (Å²) in [5.41, 5.74) is 3.54. The number of amides is 1. The van der Waals surface area contributed by atoms with E-state index in [4.69, 9.17) is 4.42 Å². The van der Waals surface area contributed by atoms with Crippen LogP contribution >= 0.6 is 0 Å². The summed E-state index contributed by atoms with van der Waals surface area (Å²) < 4.78 is 5.63. The third-order valence-corrected chi connectivity index (χ3v) is 6.51. The molecule has 29 heavy (non-hydrogen) atoms. The topological polar surface area (TPSA) is 45.5 Å². The normalized spacial score (nSPS) is 21.4. The number of carbonyl (C=O) groups is 1. The van der Waals surface area contributed by atoms with Gasteiger partial charge in [0.2, 0.25) is 5.91 Å². The van der Waals surface area contributed by atoms with Gasteiger partial charge in [0.1, 0.15) is 5.76 Å². The molecule has 0 radical (unpaired) electrons. The molecular formula is C25H26N2O2. The number of nitrogens with one attached hydrogen (secondary N) is 1. The molecule has 2 aliphatic heterocycles. The third-order valence-electron chi connectivity index (χ3n) is 6.51. The lowest BCUT2D eigenvalue weighted by atomic mass is 9.82. The first-order valence-corrected chi connectivity index (χ1v) is 10.4. The van der Waals surface area contributed by atoms with E-state index in [1.807, 2.05) is 30.3 Å². The van der Waals surface area contributed by atoms with Gasteiger partial charge in [-0.3, -0.25) is 9.69 Å². The van der Waals surface area contributed by atoms with Crippen LogP contribution in [0.5, 0.6) is 0 Å². The van der Waals surface area contributed by atoms with E-state index >= 15 is 0 Å². The minimum Gasteiger partial charge on any atom is -0.464 e. The summed E-state index contributed by atoms with van der Waals surface area (Å²) in [6.45, 7) is 2.89. The quantitative estimate of drug-likeness (QED) is 0.714. The van der Waals surface area contributed by atoms with Crippen molar-refractivity contribution < 1.29 is 9.21 Å². The Balaban J connectivity index is 1.26. The lowest BCUT2D eigenvalue weighted by molar-refractivity contribution is -0.121. The van der Waals surface area contributed by atoms with Crippen molar-refractivity contribution in [2.45, 2.75) is 37.3 Å². The summed E-state index contributed by atoms with van der Waals surface area (Å²) in [5.74, 6) is 1.10. The van der Waals surface area contributed by atoms with Gasteiger partial charge in [0.15, 0.2) is 0 Å². The Morgan fingerprint density at radius 3 is 2.48 bits per heavy atom. The van der Waals surface area contributed by atoms with Gasteiger partial charge in [-0.25, -0.2) is 0 Å². The number of nitrogens with zero attached hydrogens (tertiary/aromatic N) is 1. The van der Waals surface area contributed by atoms with Crippen molar-refractivity contribution in [3.8, 4) is 11.3 Å². The molecule has 1 atom stereocenters. The Kier molecular flexibility index (Phi) is 4.72. The second-order valence-electron chi connectivity index (χ2n) is 8.35. The van der Waals surface area contributed by atoms with Gasteiger partial charge in [-0.2, -0.15) is 0 Å². The van der Waals surface area contributed by atoms with Crippen molar-refractivity contribution in [2.24, 2.45) is 0 Å². The van der Waals surface area contributed by atoms with Gasteiger partial charge >= 0.3 is 0 Å². The molecule has 4 heteroatoms. The molecule has 0 saturated carbocycles. The monoisotopic (exact) mass is 386 g/mol. The zero-order valence-corrected chi connectivity index (χ0v) is 16.5. The van der Waals surface area contributed by atoms with Gasteiger partial charge < -0.3 is 9.73 Å². The Labute approximate surface area is 171 Å². The van der Waals surface area contributed by atoms with Crippen LogP contribution in [0.2, 0.25) is 0 Å². The zero-order chi connectivity index (χ0) is 19.7. The number of piperidine rings is 1. The van der Waals surface area contributed by atoms with E-state index in [0.29, 0.717) is 0 Å². The fourth-order valence-corrected chi connectivity index (χ4v) is 4.88. The molecule has 5 rings (SSSR count). The molecule has 3 aromatic rings. The van der Waals surface area contributed by atoms with Crippen LogP contribution in [0.3, 0.4) is 0 Å². The third kappa shape index (κ3) is 3.60.